The lowest BCUT2D eigenvalue weighted by Crippen LogP contribution is -2.02. The van der Waals surface area contributed by atoms with Crippen LogP contribution < -0.4 is 10.1 Å². The molecule has 0 unspecified atom stereocenters. The summed E-state index contributed by atoms with van der Waals surface area (Å²) in [5.41, 5.74) is 0.838. The Labute approximate surface area is 121 Å². The fourth-order valence-electron chi connectivity index (χ4n) is 1.72. The zero-order chi connectivity index (χ0) is 14.5. The third-order valence-corrected chi connectivity index (χ3v) is 2.77. The number of benzene rings is 1. The summed E-state index contributed by atoms with van der Waals surface area (Å²) < 4.78 is 10.7. The topological polar surface area (TPSA) is 86.0 Å². The fourth-order valence-corrected chi connectivity index (χ4v) is 1.72. The molecule has 3 aromatic rings. The van der Waals surface area contributed by atoms with Crippen LogP contribution in [0.2, 0.25) is 0 Å². The van der Waals surface area contributed by atoms with E-state index in [4.69, 9.17) is 9.15 Å². The highest BCUT2D eigenvalue weighted by Crippen LogP contribution is 2.21. The van der Waals surface area contributed by atoms with Crippen molar-refractivity contribution in [2.24, 2.45) is 0 Å². The van der Waals surface area contributed by atoms with Crippen LogP contribution in [-0.2, 0) is 6.54 Å². The van der Waals surface area contributed by atoms with Gasteiger partial charge in [-0.1, -0.05) is 0 Å². The molecule has 1 N–H and O–H groups in total. The van der Waals surface area contributed by atoms with Gasteiger partial charge in [0.25, 0.3) is 0 Å². The van der Waals surface area contributed by atoms with Crippen LogP contribution in [0.4, 0.5) is 5.95 Å². The van der Waals surface area contributed by atoms with Crippen LogP contribution in [0.15, 0.2) is 47.1 Å². The van der Waals surface area contributed by atoms with Crippen LogP contribution in [0.5, 0.6) is 5.75 Å². The van der Waals surface area contributed by atoms with E-state index in [2.05, 4.69) is 25.5 Å². The Balaban J connectivity index is 1.68. The van der Waals surface area contributed by atoms with Gasteiger partial charge in [-0.05, 0) is 30.3 Å². The van der Waals surface area contributed by atoms with Crippen LogP contribution in [0.25, 0.3) is 11.5 Å². The molecular formula is C14H13N5O2. The maximum Gasteiger partial charge on any atom is 0.247 e. The van der Waals surface area contributed by atoms with E-state index in [0.717, 1.165) is 11.3 Å². The molecule has 0 radical (unpaired) electrons. The lowest BCUT2D eigenvalue weighted by Gasteiger charge is -2.00. The van der Waals surface area contributed by atoms with Crippen molar-refractivity contribution >= 4 is 5.95 Å². The largest absolute Gasteiger partial charge is 0.497 e. The summed E-state index contributed by atoms with van der Waals surface area (Å²) in [5.74, 6) is 2.22. The van der Waals surface area contributed by atoms with Gasteiger partial charge in [0.1, 0.15) is 5.75 Å². The highest BCUT2D eigenvalue weighted by molar-refractivity contribution is 5.53. The summed E-state index contributed by atoms with van der Waals surface area (Å²) in [4.78, 5) is 8.10. The molecule has 7 heteroatoms. The highest BCUT2D eigenvalue weighted by Gasteiger charge is 2.08. The van der Waals surface area contributed by atoms with Crippen molar-refractivity contribution in [3.63, 3.8) is 0 Å². The van der Waals surface area contributed by atoms with Crippen molar-refractivity contribution in [1.29, 1.82) is 0 Å². The third kappa shape index (κ3) is 3.14. The fraction of sp³-hybridized carbons (Fsp3) is 0.143. The number of nitrogens with one attached hydrogen (secondary N) is 1. The zero-order valence-electron chi connectivity index (χ0n) is 11.4. The molecule has 0 spiro atoms. The monoisotopic (exact) mass is 283 g/mol. The first kappa shape index (κ1) is 13.0. The van der Waals surface area contributed by atoms with Crippen molar-refractivity contribution in [3.8, 4) is 17.2 Å². The summed E-state index contributed by atoms with van der Waals surface area (Å²) in [5, 5.41) is 11.0. The van der Waals surface area contributed by atoms with Crippen LogP contribution in [0, 0.1) is 0 Å². The van der Waals surface area contributed by atoms with E-state index in [-0.39, 0.29) is 0 Å². The minimum Gasteiger partial charge on any atom is -0.497 e. The Morgan fingerprint density at radius 1 is 1.10 bits per heavy atom. The second kappa shape index (κ2) is 6.00. The number of aromatic nitrogens is 4. The van der Waals surface area contributed by atoms with Gasteiger partial charge in [-0.15, -0.1) is 10.2 Å². The van der Waals surface area contributed by atoms with E-state index in [1.54, 1.807) is 25.6 Å². The molecule has 106 valence electrons. The van der Waals surface area contributed by atoms with Crippen molar-refractivity contribution < 1.29 is 9.15 Å². The summed E-state index contributed by atoms with van der Waals surface area (Å²) in [6.45, 7) is 0.368. The van der Waals surface area contributed by atoms with Gasteiger partial charge in [0.15, 0.2) is 0 Å². The molecule has 7 nitrogen and oxygen atoms in total. The minimum atomic E-state index is 0.368. The smallest absolute Gasteiger partial charge is 0.247 e. The molecule has 0 aliphatic carbocycles. The normalized spacial score (nSPS) is 10.3. The first-order chi connectivity index (χ1) is 10.3. The van der Waals surface area contributed by atoms with Gasteiger partial charge in [-0.25, -0.2) is 9.97 Å². The van der Waals surface area contributed by atoms with Gasteiger partial charge in [0, 0.05) is 18.0 Å². The number of rotatable bonds is 5. The van der Waals surface area contributed by atoms with Crippen molar-refractivity contribution in [1.82, 2.24) is 20.2 Å². The van der Waals surface area contributed by atoms with Crippen LogP contribution in [0.3, 0.4) is 0 Å². The van der Waals surface area contributed by atoms with Crippen molar-refractivity contribution in [2.75, 3.05) is 12.4 Å². The minimum absolute atomic E-state index is 0.368. The Morgan fingerprint density at radius 3 is 2.57 bits per heavy atom. The molecule has 0 saturated carbocycles. The Bertz CT molecular complexity index is 697. The summed E-state index contributed by atoms with van der Waals surface area (Å²) >= 11 is 0. The first-order valence-electron chi connectivity index (χ1n) is 6.33. The molecule has 0 saturated heterocycles. The Hall–Kier alpha value is -2.96. The second-order valence-corrected chi connectivity index (χ2v) is 4.16. The maximum absolute atomic E-state index is 5.58. The molecule has 2 aromatic heterocycles. The van der Waals surface area contributed by atoms with Crippen molar-refractivity contribution in [3.05, 3.63) is 48.6 Å². The van der Waals surface area contributed by atoms with Crippen LogP contribution in [-0.4, -0.2) is 27.3 Å². The average Bonchev–Trinajstić information content (AvgIpc) is 3.03. The molecule has 21 heavy (non-hydrogen) atoms. The lowest BCUT2D eigenvalue weighted by molar-refractivity contribution is 0.415. The number of hydrogen-bond acceptors (Lipinski definition) is 7. The average molecular weight is 283 g/mol. The van der Waals surface area contributed by atoms with E-state index < -0.39 is 0 Å². The molecule has 0 fully saturated rings. The summed E-state index contributed by atoms with van der Waals surface area (Å²) in [6.07, 6.45) is 3.32. The van der Waals surface area contributed by atoms with Gasteiger partial charge >= 0.3 is 0 Å². The second-order valence-electron chi connectivity index (χ2n) is 4.16. The van der Waals surface area contributed by atoms with Crippen LogP contribution in [0.1, 0.15) is 5.89 Å². The molecule has 0 amide bonds. The molecule has 3 rings (SSSR count). The molecule has 0 bridgehead atoms. The van der Waals surface area contributed by atoms with Crippen LogP contribution >= 0.6 is 0 Å². The Kier molecular flexibility index (Phi) is 3.72. The van der Waals surface area contributed by atoms with E-state index >= 15 is 0 Å². The van der Waals surface area contributed by atoms with Gasteiger partial charge in [0.05, 0.1) is 13.7 Å². The highest BCUT2D eigenvalue weighted by atomic mass is 16.5. The lowest BCUT2D eigenvalue weighted by atomic mass is 10.2. The molecule has 0 aliphatic heterocycles. The van der Waals surface area contributed by atoms with E-state index in [1.165, 1.54) is 0 Å². The number of methoxy groups -OCH3 is 1. The predicted molar refractivity (Wildman–Crippen MR) is 75.6 cm³/mol. The molecule has 0 atom stereocenters. The van der Waals surface area contributed by atoms with E-state index in [9.17, 15) is 0 Å². The van der Waals surface area contributed by atoms with Gasteiger partial charge in [0.2, 0.25) is 17.7 Å². The van der Waals surface area contributed by atoms with E-state index in [1.807, 2.05) is 24.3 Å². The summed E-state index contributed by atoms with van der Waals surface area (Å²) in [6, 6.07) is 9.16. The van der Waals surface area contributed by atoms with Gasteiger partial charge < -0.3 is 14.5 Å². The molecule has 0 aliphatic rings. The zero-order valence-corrected chi connectivity index (χ0v) is 11.4. The molecule has 1 aromatic carbocycles. The standard InChI is InChI=1S/C14H13N5O2/c1-20-11-5-3-10(4-6-11)13-19-18-12(21-13)9-17-14-15-7-2-8-16-14/h2-8H,9H2,1H3,(H,15,16,17). The number of hydrogen-bond donors (Lipinski definition) is 1. The summed E-state index contributed by atoms with van der Waals surface area (Å²) in [7, 11) is 1.62. The SMILES string of the molecule is COc1ccc(-c2nnc(CNc3ncccn3)o2)cc1. The number of ether oxygens (including phenoxy) is 1. The van der Waals surface area contributed by atoms with Gasteiger partial charge in [-0.2, -0.15) is 0 Å². The quantitative estimate of drug-likeness (QED) is 0.767. The third-order valence-electron chi connectivity index (χ3n) is 2.77. The van der Waals surface area contributed by atoms with Gasteiger partial charge in [-0.3, -0.25) is 0 Å². The maximum atomic E-state index is 5.58. The van der Waals surface area contributed by atoms with Crippen molar-refractivity contribution in [2.45, 2.75) is 6.54 Å². The number of nitrogens with zero attached hydrogens (tertiary/aromatic N) is 4. The number of anilines is 1. The molecule has 2 heterocycles. The predicted octanol–water partition coefficient (Wildman–Crippen LogP) is 2.15. The molecular weight excluding hydrogens is 270 g/mol. The first-order valence-corrected chi connectivity index (χ1v) is 6.33. The Morgan fingerprint density at radius 2 is 1.86 bits per heavy atom. The van der Waals surface area contributed by atoms with E-state index in [0.29, 0.717) is 24.3 Å².